The van der Waals surface area contributed by atoms with Crippen molar-refractivity contribution in [1.29, 1.82) is 0 Å². The summed E-state index contributed by atoms with van der Waals surface area (Å²) in [6, 6.07) is 5.29. The third-order valence-electron chi connectivity index (χ3n) is 2.62. The van der Waals surface area contributed by atoms with E-state index in [-0.39, 0.29) is 5.69 Å². The first-order valence-corrected chi connectivity index (χ1v) is 5.74. The van der Waals surface area contributed by atoms with Gasteiger partial charge in [0.1, 0.15) is 11.5 Å². The molecule has 0 radical (unpaired) electrons. The molecule has 2 rings (SSSR count). The highest BCUT2D eigenvalue weighted by Crippen LogP contribution is 2.16. The van der Waals surface area contributed by atoms with Crippen LogP contribution < -0.4 is 0 Å². The molecule has 0 bridgehead atoms. The first-order valence-electron chi connectivity index (χ1n) is 5.74. The van der Waals surface area contributed by atoms with E-state index in [1.807, 2.05) is 19.9 Å². The molecule has 5 nitrogen and oxygen atoms in total. The fourth-order valence-corrected chi connectivity index (χ4v) is 1.88. The maximum atomic E-state index is 11.6. The summed E-state index contributed by atoms with van der Waals surface area (Å²) < 4.78 is 1.77. The molecular weight excluding hydrogens is 232 g/mol. The van der Waals surface area contributed by atoms with Gasteiger partial charge < -0.3 is 9.51 Å². The number of carboxylic acids is 1. The number of hydrogen-bond acceptors (Lipinski definition) is 3. The lowest BCUT2D eigenvalue weighted by Gasteiger charge is -2.02. The van der Waals surface area contributed by atoms with Crippen molar-refractivity contribution in [1.82, 2.24) is 9.38 Å². The van der Waals surface area contributed by atoms with E-state index in [0.717, 1.165) is 0 Å². The van der Waals surface area contributed by atoms with Crippen LogP contribution in [0.3, 0.4) is 0 Å². The second-order valence-corrected chi connectivity index (χ2v) is 4.56. The van der Waals surface area contributed by atoms with Gasteiger partial charge >= 0.3 is 5.97 Å². The minimum atomic E-state index is -1.48. The van der Waals surface area contributed by atoms with Crippen LogP contribution in [0.1, 0.15) is 30.2 Å². The third-order valence-corrected chi connectivity index (χ3v) is 2.62. The molecule has 2 heterocycles. The van der Waals surface area contributed by atoms with Gasteiger partial charge in [-0.25, -0.2) is 9.78 Å². The van der Waals surface area contributed by atoms with Crippen LogP contribution in [0.2, 0.25) is 0 Å². The number of aliphatic carboxylic acids is 1. The van der Waals surface area contributed by atoms with Crippen LogP contribution in [0.25, 0.3) is 5.52 Å². The molecule has 94 valence electrons. The van der Waals surface area contributed by atoms with E-state index in [0.29, 0.717) is 23.7 Å². The summed E-state index contributed by atoms with van der Waals surface area (Å²) in [4.78, 5) is 26.5. The van der Waals surface area contributed by atoms with Crippen molar-refractivity contribution >= 4 is 17.3 Å². The summed E-state index contributed by atoms with van der Waals surface area (Å²) in [5.74, 6) is -1.35. The van der Waals surface area contributed by atoms with Crippen LogP contribution in [-0.4, -0.2) is 26.2 Å². The summed E-state index contributed by atoms with van der Waals surface area (Å²) in [5, 5.41) is 8.79. The van der Waals surface area contributed by atoms with E-state index in [1.54, 1.807) is 22.7 Å². The molecular formula is C13H14N2O3. The number of carbonyl (C=O) groups excluding carboxylic acids is 1. The van der Waals surface area contributed by atoms with Crippen molar-refractivity contribution in [3.05, 3.63) is 35.9 Å². The predicted octanol–water partition coefficient (Wildman–Crippen LogP) is 1.80. The van der Waals surface area contributed by atoms with E-state index in [2.05, 4.69) is 4.98 Å². The minimum Gasteiger partial charge on any atom is -0.475 e. The van der Waals surface area contributed by atoms with Crippen LogP contribution >= 0.6 is 0 Å². The average molecular weight is 246 g/mol. The molecule has 0 aromatic carbocycles. The SMILES string of the molecule is CC(C)Cc1nc(C(=O)C(=O)O)c2ccccn12. The number of rotatable bonds is 4. The van der Waals surface area contributed by atoms with E-state index in [1.165, 1.54) is 0 Å². The highest BCUT2D eigenvalue weighted by molar-refractivity contribution is 6.40. The Morgan fingerprint density at radius 1 is 1.39 bits per heavy atom. The molecule has 0 aliphatic carbocycles. The zero-order valence-corrected chi connectivity index (χ0v) is 10.3. The number of ketones is 1. The Balaban J connectivity index is 2.61. The Labute approximate surface area is 104 Å². The number of carbonyl (C=O) groups is 2. The highest BCUT2D eigenvalue weighted by Gasteiger charge is 2.22. The number of aromatic nitrogens is 2. The molecule has 1 N–H and O–H groups in total. The van der Waals surface area contributed by atoms with Crippen LogP contribution in [0.15, 0.2) is 24.4 Å². The third kappa shape index (κ3) is 2.11. The van der Waals surface area contributed by atoms with Gasteiger partial charge in [-0.2, -0.15) is 0 Å². The van der Waals surface area contributed by atoms with Crippen LogP contribution in [0.4, 0.5) is 0 Å². The Hall–Kier alpha value is -2.17. The Morgan fingerprint density at radius 2 is 2.11 bits per heavy atom. The highest BCUT2D eigenvalue weighted by atomic mass is 16.4. The number of hydrogen-bond donors (Lipinski definition) is 1. The van der Waals surface area contributed by atoms with Crippen molar-refractivity contribution < 1.29 is 14.7 Å². The first-order chi connectivity index (χ1) is 8.50. The van der Waals surface area contributed by atoms with Gasteiger partial charge in [0.15, 0.2) is 0 Å². The van der Waals surface area contributed by atoms with Gasteiger partial charge in [-0.15, -0.1) is 0 Å². The van der Waals surface area contributed by atoms with Gasteiger partial charge in [-0.3, -0.25) is 4.79 Å². The van der Waals surface area contributed by atoms with Crippen molar-refractivity contribution in [2.45, 2.75) is 20.3 Å². The van der Waals surface area contributed by atoms with Gasteiger partial charge in [0, 0.05) is 12.6 Å². The van der Waals surface area contributed by atoms with Crippen LogP contribution in [0.5, 0.6) is 0 Å². The zero-order valence-electron chi connectivity index (χ0n) is 10.3. The predicted molar refractivity (Wildman–Crippen MR) is 65.7 cm³/mol. The molecule has 0 atom stereocenters. The average Bonchev–Trinajstić information content (AvgIpc) is 2.67. The molecule has 0 saturated carbocycles. The maximum absolute atomic E-state index is 11.6. The molecule has 0 unspecified atom stereocenters. The summed E-state index contributed by atoms with van der Waals surface area (Å²) in [5.41, 5.74) is 0.555. The molecule has 18 heavy (non-hydrogen) atoms. The lowest BCUT2D eigenvalue weighted by atomic mass is 10.1. The minimum absolute atomic E-state index is 0.0127. The Bertz CT molecular complexity index is 614. The second kappa shape index (κ2) is 4.60. The second-order valence-electron chi connectivity index (χ2n) is 4.56. The standard InChI is InChI=1S/C13H14N2O3/c1-8(2)7-10-14-11(12(16)13(17)18)9-5-3-4-6-15(9)10/h3-6,8H,7H2,1-2H3,(H,17,18). The fourth-order valence-electron chi connectivity index (χ4n) is 1.88. The van der Waals surface area contributed by atoms with Crippen molar-refractivity contribution in [2.24, 2.45) is 5.92 Å². The molecule has 0 aliphatic rings. The van der Waals surface area contributed by atoms with Gasteiger partial charge in [0.05, 0.1) is 5.52 Å². The molecule has 0 spiro atoms. The molecule has 0 fully saturated rings. The molecule has 2 aromatic rings. The quantitative estimate of drug-likeness (QED) is 0.659. The number of pyridine rings is 1. The lowest BCUT2D eigenvalue weighted by molar-refractivity contribution is -0.131. The van der Waals surface area contributed by atoms with Gasteiger partial charge in [-0.05, 0) is 18.1 Å². The topological polar surface area (TPSA) is 71.7 Å². The largest absolute Gasteiger partial charge is 0.475 e. The van der Waals surface area contributed by atoms with E-state index < -0.39 is 11.8 Å². The van der Waals surface area contributed by atoms with Gasteiger partial charge in [0.25, 0.3) is 5.78 Å². The van der Waals surface area contributed by atoms with Crippen molar-refractivity contribution in [3.8, 4) is 0 Å². The Kier molecular flexibility index (Phi) is 3.14. The number of carboxylic acid groups (broad SMARTS) is 1. The fraction of sp³-hybridized carbons (Fsp3) is 0.308. The van der Waals surface area contributed by atoms with Crippen molar-refractivity contribution in [3.63, 3.8) is 0 Å². The molecule has 5 heteroatoms. The number of imidazole rings is 1. The van der Waals surface area contributed by atoms with E-state index >= 15 is 0 Å². The van der Waals surface area contributed by atoms with Gasteiger partial charge in [-0.1, -0.05) is 19.9 Å². The first kappa shape index (κ1) is 12.3. The molecule has 2 aromatic heterocycles. The summed E-state index contributed by atoms with van der Waals surface area (Å²) in [7, 11) is 0. The van der Waals surface area contributed by atoms with Crippen LogP contribution in [-0.2, 0) is 11.2 Å². The molecule has 0 saturated heterocycles. The summed E-state index contributed by atoms with van der Waals surface area (Å²) in [6.45, 7) is 4.09. The normalized spacial score (nSPS) is 11.1. The Morgan fingerprint density at radius 3 is 2.72 bits per heavy atom. The van der Waals surface area contributed by atoms with Gasteiger partial charge in [0.2, 0.25) is 0 Å². The van der Waals surface area contributed by atoms with Crippen molar-refractivity contribution in [2.75, 3.05) is 0 Å². The molecule has 0 aliphatic heterocycles. The smallest absolute Gasteiger partial charge is 0.379 e. The monoisotopic (exact) mass is 246 g/mol. The van der Waals surface area contributed by atoms with E-state index in [4.69, 9.17) is 5.11 Å². The zero-order chi connectivity index (χ0) is 13.3. The summed E-state index contributed by atoms with van der Waals surface area (Å²) >= 11 is 0. The maximum Gasteiger partial charge on any atom is 0.379 e. The molecule has 0 amide bonds. The number of fused-ring (bicyclic) bond motifs is 1. The number of Topliss-reactive ketones (excluding diaryl/α,β-unsaturated/α-hetero) is 1. The lowest BCUT2D eigenvalue weighted by Crippen LogP contribution is -2.13. The van der Waals surface area contributed by atoms with Crippen LogP contribution in [0, 0.1) is 5.92 Å². The van der Waals surface area contributed by atoms with E-state index in [9.17, 15) is 9.59 Å². The number of nitrogens with zero attached hydrogens (tertiary/aromatic N) is 2. The summed E-state index contributed by atoms with van der Waals surface area (Å²) in [6.07, 6.45) is 2.48.